The van der Waals surface area contributed by atoms with Crippen LogP contribution < -0.4 is 20.7 Å². The molecule has 0 aliphatic carbocycles. The van der Waals surface area contributed by atoms with Crippen LogP contribution in [0.25, 0.3) is 0 Å². The maximum Gasteiger partial charge on any atom is 0.221 e. The molecule has 0 heterocycles. The van der Waals surface area contributed by atoms with Gasteiger partial charge in [-0.15, -0.1) is 0 Å². The van der Waals surface area contributed by atoms with Gasteiger partial charge in [0.25, 0.3) is 0 Å². The van der Waals surface area contributed by atoms with Gasteiger partial charge in [0, 0.05) is 31.8 Å². The van der Waals surface area contributed by atoms with Gasteiger partial charge in [-0.25, -0.2) is 0 Å². The smallest absolute Gasteiger partial charge is 0.221 e. The minimum atomic E-state index is -0.0995. The summed E-state index contributed by atoms with van der Waals surface area (Å²) < 4.78 is 5.74. The molecule has 0 unspecified atom stereocenters. The van der Waals surface area contributed by atoms with E-state index in [4.69, 9.17) is 4.74 Å². The third-order valence-corrected chi connectivity index (χ3v) is 3.90. The Balaban J connectivity index is 1.71. The average molecular weight is 383 g/mol. The van der Waals surface area contributed by atoms with Crippen LogP contribution in [0.3, 0.4) is 0 Å². The monoisotopic (exact) mass is 382 g/mol. The second-order valence-electron chi connectivity index (χ2n) is 6.33. The molecule has 0 aliphatic rings. The lowest BCUT2D eigenvalue weighted by atomic mass is 10.1. The first-order valence-corrected chi connectivity index (χ1v) is 9.74. The highest BCUT2D eigenvalue weighted by atomic mass is 16.5. The van der Waals surface area contributed by atoms with Gasteiger partial charge in [0.05, 0.1) is 6.54 Å². The van der Waals surface area contributed by atoms with E-state index < -0.39 is 0 Å². The molecule has 6 heteroatoms. The molecule has 2 aromatic carbocycles. The quantitative estimate of drug-likeness (QED) is 0.335. The molecular formula is C22H30N4O2. The number of amides is 1. The maximum absolute atomic E-state index is 11.1. The van der Waals surface area contributed by atoms with Crippen LogP contribution in [0.5, 0.6) is 5.75 Å². The van der Waals surface area contributed by atoms with Crippen LogP contribution >= 0.6 is 0 Å². The molecule has 0 spiro atoms. The fourth-order valence-electron chi connectivity index (χ4n) is 2.67. The molecule has 150 valence electrons. The Hall–Kier alpha value is -3.02. The Morgan fingerprint density at radius 3 is 2.64 bits per heavy atom. The standard InChI is InChI=1S/C22H30N4O2/c1-3-23-22(24-14-8-11-19-9-5-4-6-10-19)25-15-16-28-21-13-7-12-20(17-21)26-18(2)27/h4-7,9-10,12-13,17H,3,8,11,14-16H2,1-2H3,(H,26,27)(H2,23,24,25). The summed E-state index contributed by atoms with van der Waals surface area (Å²) in [6.45, 7) is 6.24. The van der Waals surface area contributed by atoms with Gasteiger partial charge < -0.3 is 20.7 Å². The number of nitrogens with one attached hydrogen (secondary N) is 3. The van der Waals surface area contributed by atoms with E-state index in [-0.39, 0.29) is 5.91 Å². The molecular weight excluding hydrogens is 352 g/mol. The van der Waals surface area contributed by atoms with E-state index in [0.29, 0.717) is 13.2 Å². The van der Waals surface area contributed by atoms with Crippen molar-refractivity contribution < 1.29 is 9.53 Å². The third kappa shape index (κ3) is 8.58. The Morgan fingerprint density at radius 1 is 1.07 bits per heavy atom. The first-order valence-electron chi connectivity index (χ1n) is 9.74. The summed E-state index contributed by atoms with van der Waals surface area (Å²) in [5, 5.41) is 9.27. The Morgan fingerprint density at radius 2 is 1.89 bits per heavy atom. The molecule has 0 saturated heterocycles. The molecule has 0 radical (unpaired) electrons. The second-order valence-corrected chi connectivity index (χ2v) is 6.33. The van der Waals surface area contributed by atoms with Crippen molar-refractivity contribution in [2.24, 2.45) is 4.99 Å². The topological polar surface area (TPSA) is 74.8 Å². The number of rotatable bonds is 10. The van der Waals surface area contributed by atoms with Crippen LogP contribution in [0.15, 0.2) is 59.6 Å². The summed E-state index contributed by atoms with van der Waals surface area (Å²) in [6.07, 6.45) is 2.03. The molecule has 2 aromatic rings. The summed E-state index contributed by atoms with van der Waals surface area (Å²) in [5.41, 5.74) is 2.07. The molecule has 0 bridgehead atoms. The SMILES string of the molecule is CCNC(=NCCCc1ccccc1)NCCOc1cccc(NC(C)=O)c1. The molecule has 0 saturated carbocycles. The van der Waals surface area contributed by atoms with Crippen LogP contribution in [-0.2, 0) is 11.2 Å². The largest absolute Gasteiger partial charge is 0.492 e. The number of anilines is 1. The fourth-order valence-corrected chi connectivity index (χ4v) is 2.67. The van der Waals surface area contributed by atoms with Crippen molar-refractivity contribution >= 4 is 17.6 Å². The number of aryl methyl sites for hydroxylation is 1. The summed E-state index contributed by atoms with van der Waals surface area (Å²) in [5.74, 6) is 1.42. The number of aliphatic imine (C=N–C) groups is 1. The number of nitrogens with zero attached hydrogens (tertiary/aromatic N) is 1. The zero-order valence-corrected chi connectivity index (χ0v) is 16.7. The molecule has 2 rings (SSSR count). The highest BCUT2D eigenvalue weighted by molar-refractivity contribution is 5.88. The lowest BCUT2D eigenvalue weighted by Crippen LogP contribution is -2.39. The number of carbonyl (C=O) groups is 1. The van der Waals surface area contributed by atoms with Gasteiger partial charge in [-0.1, -0.05) is 36.4 Å². The lowest BCUT2D eigenvalue weighted by molar-refractivity contribution is -0.114. The number of benzene rings is 2. The van der Waals surface area contributed by atoms with Gasteiger partial charge in [-0.05, 0) is 37.5 Å². The Kier molecular flexibility index (Phi) is 9.41. The van der Waals surface area contributed by atoms with Crippen LogP contribution in [0.1, 0.15) is 25.8 Å². The van der Waals surface area contributed by atoms with Gasteiger partial charge in [-0.2, -0.15) is 0 Å². The van der Waals surface area contributed by atoms with Crippen LogP contribution in [0.4, 0.5) is 5.69 Å². The van der Waals surface area contributed by atoms with E-state index in [1.165, 1.54) is 12.5 Å². The maximum atomic E-state index is 11.1. The molecule has 6 nitrogen and oxygen atoms in total. The van der Waals surface area contributed by atoms with E-state index in [2.05, 4.69) is 45.2 Å². The highest BCUT2D eigenvalue weighted by Gasteiger charge is 2.00. The van der Waals surface area contributed by atoms with E-state index >= 15 is 0 Å². The van der Waals surface area contributed by atoms with Gasteiger partial charge in [-0.3, -0.25) is 9.79 Å². The first-order chi connectivity index (χ1) is 13.7. The minimum Gasteiger partial charge on any atom is -0.492 e. The van der Waals surface area contributed by atoms with E-state index in [1.807, 2.05) is 37.3 Å². The Bertz CT molecular complexity index is 747. The van der Waals surface area contributed by atoms with Gasteiger partial charge in [0.2, 0.25) is 5.91 Å². The fraction of sp³-hybridized carbons (Fsp3) is 0.364. The third-order valence-electron chi connectivity index (χ3n) is 3.90. The normalized spacial score (nSPS) is 11.0. The average Bonchev–Trinajstić information content (AvgIpc) is 2.69. The van der Waals surface area contributed by atoms with E-state index in [1.54, 1.807) is 0 Å². The first kappa shape index (κ1) is 21.3. The van der Waals surface area contributed by atoms with E-state index in [0.717, 1.165) is 43.3 Å². The zero-order valence-electron chi connectivity index (χ0n) is 16.7. The minimum absolute atomic E-state index is 0.0995. The molecule has 0 atom stereocenters. The van der Waals surface area contributed by atoms with Crippen LogP contribution in [0.2, 0.25) is 0 Å². The molecule has 1 amide bonds. The van der Waals surface area contributed by atoms with Crippen molar-refractivity contribution in [1.82, 2.24) is 10.6 Å². The number of carbonyl (C=O) groups excluding carboxylic acids is 1. The second kappa shape index (κ2) is 12.4. The number of ether oxygens (including phenoxy) is 1. The van der Waals surface area contributed by atoms with Crippen molar-refractivity contribution in [3.8, 4) is 5.75 Å². The summed E-state index contributed by atoms with van der Waals surface area (Å²) in [4.78, 5) is 15.7. The lowest BCUT2D eigenvalue weighted by Gasteiger charge is -2.12. The Labute approximate surface area is 167 Å². The van der Waals surface area contributed by atoms with Crippen molar-refractivity contribution in [2.45, 2.75) is 26.7 Å². The summed E-state index contributed by atoms with van der Waals surface area (Å²) in [7, 11) is 0. The molecule has 28 heavy (non-hydrogen) atoms. The molecule has 0 aliphatic heterocycles. The summed E-state index contributed by atoms with van der Waals surface area (Å²) >= 11 is 0. The number of guanidine groups is 1. The summed E-state index contributed by atoms with van der Waals surface area (Å²) in [6, 6.07) is 17.8. The van der Waals surface area contributed by atoms with Gasteiger partial charge >= 0.3 is 0 Å². The predicted molar refractivity (Wildman–Crippen MR) is 115 cm³/mol. The van der Waals surface area contributed by atoms with Crippen molar-refractivity contribution in [3.05, 3.63) is 60.2 Å². The molecule has 0 fully saturated rings. The molecule has 0 aromatic heterocycles. The van der Waals surface area contributed by atoms with Gasteiger partial charge in [0.1, 0.15) is 12.4 Å². The van der Waals surface area contributed by atoms with Crippen LogP contribution in [0, 0.1) is 0 Å². The molecule has 3 N–H and O–H groups in total. The van der Waals surface area contributed by atoms with Crippen molar-refractivity contribution in [2.75, 3.05) is 31.6 Å². The van der Waals surface area contributed by atoms with Crippen molar-refractivity contribution in [3.63, 3.8) is 0 Å². The highest BCUT2D eigenvalue weighted by Crippen LogP contribution is 2.17. The number of hydrogen-bond acceptors (Lipinski definition) is 3. The zero-order chi connectivity index (χ0) is 20.0. The van der Waals surface area contributed by atoms with Crippen molar-refractivity contribution in [1.29, 1.82) is 0 Å². The number of hydrogen-bond donors (Lipinski definition) is 3. The van der Waals surface area contributed by atoms with Crippen LogP contribution in [-0.4, -0.2) is 38.1 Å². The van der Waals surface area contributed by atoms with Gasteiger partial charge in [0.15, 0.2) is 5.96 Å². The predicted octanol–water partition coefficient (Wildman–Crippen LogP) is 3.21. The van der Waals surface area contributed by atoms with E-state index in [9.17, 15) is 4.79 Å².